The number of amides is 3. The van der Waals surface area contributed by atoms with Crippen molar-refractivity contribution in [1.29, 1.82) is 0 Å². The summed E-state index contributed by atoms with van der Waals surface area (Å²) in [4.78, 5) is 50.3. The van der Waals surface area contributed by atoms with E-state index in [2.05, 4.69) is 5.32 Å². The molecule has 1 aromatic rings. The average Bonchev–Trinajstić information content (AvgIpc) is 3.37. The van der Waals surface area contributed by atoms with Crippen LogP contribution in [0.25, 0.3) is 0 Å². The first-order valence-corrected chi connectivity index (χ1v) is 9.43. The fourth-order valence-electron chi connectivity index (χ4n) is 4.88. The lowest BCUT2D eigenvalue weighted by Crippen LogP contribution is -2.38. The molecule has 1 aromatic carbocycles. The number of hydrogen-bond donors (Lipinski definition) is 1. The topological polar surface area (TPSA) is 102 Å². The molecule has 2 bridgehead atoms. The lowest BCUT2D eigenvalue weighted by atomic mass is 9.81. The Labute approximate surface area is 162 Å². The van der Waals surface area contributed by atoms with E-state index in [1.54, 1.807) is 24.3 Å². The molecule has 3 amide bonds. The van der Waals surface area contributed by atoms with Gasteiger partial charge in [0.05, 0.1) is 24.6 Å². The Morgan fingerprint density at radius 3 is 2.39 bits per heavy atom. The minimum atomic E-state index is -0.774. The Morgan fingerprint density at radius 2 is 1.75 bits per heavy atom. The molecule has 1 N–H and O–H groups in total. The maximum absolute atomic E-state index is 12.6. The largest absolute Gasteiger partial charge is 0.495 e. The zero-order chi connectivity index (χ0) is 19.8. The normalized spacial score (nSPS) is 27.7. The molecular formula is C20H22N2O6. The van der Waals surface area contributed by atoms with E-state index in [0.717, 1.165) is 24.2 Å². The second kappa shape index (κ2) is 7.26. The fourth-order valence-corrected chi connectivity index (χ4v) is 4.88. The maximum Gasteiger partial charge on any atom is 0.326 e. The van der Waals surface area contributed by atoms with Crippen LogP contribution >= 0.6 is 0 Å². The van der Waals surface area contributed by atoms with Gasteiger partial charge in [-0.2, -0.15) is 0 Å². The van der Waals surface area contributed by atoms with Crippen molar-refractivity contribution in [2.24, 2.45) is 23.7 Å². The van der Waals surface area contributed by atoms with Crippen molar-refractivity contribution in [2.45, 2.75) is 19.3 Å². The van der Waals surface area contributed by atoms with Gasteiger partial charge in [-0.05, 0) is 43.2 Å². The Balaban J connectivity index is 1.30. The van der Waals surface area contributed by atoms with E-state index in [-0.39, 0.29) is 35.5 Å². The molecule has 28 heavy (non-hydrogen) atoms. The Hall–Kier alpha value is -2.90. The summed E-state index contributed by atoms with van der Waals surface area (Å²) in [6, 6.07) is 6.85. The van der Waals surface area contributed by atoms with Crippen LogP contribution in [-0.2, 0) is 23.9 Å². The Kier molecular flexibility index (Phi) is 4.78. The number of imide groups is 1. The van der Waals surface area contributed by atoms with Crippen LogP contribution in [0.2, 0.25) is 0 Å². The number of hydrogen-bond acceptors (Lipinski definition) is 6. The summed E-state index contributed by atoms with van der Waals surface area (Å²) in [5, 5.41) is 2.59. The maximum atomic E-state index is 12.6. The van der Waals surface area contributed by atoms with Crippen molar-refractivity contribution in [3.8, 4) is 5.75 Å². The van der Waals surface area contributed by atoms with E-state index in [9.17, 15) is 19.2 Å². The van der Waals surface area contributed by atoms with E-state index >= 15 is 0 Å². The SMILES string of the molecule is COc1ccccc1NC(=O)COC(=O)CN1C(=O)[C@@H]2[C@H]3CC[C@@H](C3)[C@@H]2C1=O. The molecule has 148 valence electrons. The van der Waals surface area contributed by atoms with Crippen molar-refractivity contribution in [3.63, 3.8) is 0 Å². The van der Waals surface area contributed by atoms with Gasteiger partial charge in [0, 0.05) is 0 Å². The fraction of sp³-hybridized carbons (Fsp3) is 0.500. The number of fused-ring (bicyclic) bond motifs is 5. The molecule has 1 aliphatic heterocycles. The highest BCUT2D eigenvalue weighted by atomic mass is 16.5. The summed E-state index contributed by atoms with van der Waals surface area (Å²) in [6.45, 7) is -0.947. The molecule has 8 heteroatoms. The van der Waals surface area contributed by atoms with Gasteiger partial charge in [-0.1, -0.05) is 12.1 Å². The molecule has 2 saturated carbocycles. The predicted octanol–water partition coefficient (Wildman–Crippen LogP) is 1.21. The molecule has 0 spiro atoms. The molecule has 3 fully saturated rings. The average molecular weight is 386 g/mol. The number of ether oxygens (including phenoxy) is 2. The Bertz CT molecular complexity index is 810. The molecule has 2 aliphatic carbocycles. The second-order valence-electron chi connectivity index (χ2n) is 7.56. The summed E-state index contributed by atoms with van der Waals surface area (Å²) in [5.41, 5.74) is 0.458. The molecule has 0 radical (unpaired) electrons. The minimum absolute atomic E-state index is 0.263. The highest BCUT2D eigenvalue weighted by Gasteiger charge is 2.61. The molecular weight excluding hydrogens is 364 g/mol. The van der Waals surface area contributed by atoms with Gasteiger partial charge in [0.1, 0.15) is 12.3 Å². The lowest BCUT2D eigenvalue weighted by molar-refractivity contribution is -0.154. The second-order valence-corrected chi connectivity index (χ2v) is 7.56. The van der Waals surface area contributed by atoms with Crippen LogP contribution in [0.4, 0.5) is 5.69 Å². The molecule has 4 atom stereocenters. The van der Waals surface area contributed by atoms with E-state index in [0.29, 0.717) is 11.4 Å². The molecule has 1 heterocycles. The number of carbonyl (C=O) groups excluding carboxylic acids is 4. The van der Waals surface area contributed by atoms with Crippen molar-refractivity contribution in [3.05, 3.63) is 24.3 Å². The molecule has 8 nitrogen and oxygen atoms in total. The van der Waals surface area contributed by atoms with Gasteiger partial charge >= 0.3 is 5.97 Å². The third kappa shape index (κ3) is 3.12. The summed E-state index contributed by atoms with van der Waals surface area (Å²) in [6.07, 6.45) is 2.90. The summed E-state index contributed by atoms with van der Waals surface area (Å²) in [7, 11) is 1.48. The van der Waals surface area contributed by atoms with Crippen LogP contribution in [0.1, 0.15) is 19.3 Å². The van der Waals surface area contributed by atoms with Crippen LogP contribution in [0.3, 0.4) is 0 Å². The van der Waals surface area contributed by atoms with Gasteiger partial charge in [-0.3, -0.25) is 24.1 Å². The molecule has 4 rings (SSSR count). The quantitative estimate of drug-likeness (QED) is 0.582. The van der Waals surface area contributed by atoms with Crippen molar-refractivity contribution in [2.75, 3.05) is 25.6 Å². The standard InChI is InChI=1S/C20H22N2O6/c1-27-14-5-3-2-4-13(14)21-15(23)10-28-16(24)9-22-19(25)17-11-6-7-12(8-11)18(17)20(22)26/h2-5,11-12,17-18H,6-10H2,1H3,(H,21,23)/t11-,12-,17-,18+/m0/s1. The summed E-state index contributed by atoms with van der Waals surface area (Å²) in [5.74, 6) is -1.37. The number of likely N-dealkylation sites (tertiary alicyclic amines) is 1. The number of nitrogens with one attached hydrogen (secondary N) is 1. The van der Waals surface area contributed by atoms with Gasteiger partial charge < -0.3 is 14.8 Å². The van der Waals surface area contributed by atoms with E-state index in [1.165, 1.54) is 7.11 Å². The number of para-hydroxylation sites is 2. The first kappa shape index (κ1) is 18.5. The number of rotatable bonds is 6. The third-order valence-corrected chi connectivity index (χ3v) is 6.05. The molecule has 1 saturated heterocycles. The Morgan fingerprint density at radius 1 is 1.11 bits per heavy atom. The van der Waals surface area contributed by atoms with Crippen LogP contribution in [0.15, 0.2) is 24.3 Å². The number of benzene rings is 1. The van der Waals surface area contributed by atoms with Crippen LogP contribution in [0, 0.1) is 23.7 Å². The van der Waals surface area contributed by atoms with Crippen LogP contribution in [0.5, 0.6) is 5.75 Å². The smallest absolute Gasteiger partial charge is 0.326 e. The van der Waals surface area contributed by atoms with E-state index in [1.807, 2.05) is 0 Å². The van der Waals surface area contributed by atoms with Crippen molar-refractivity contribution in [1.82, 2.24) is 4.90 Å². The molecule has 3 aliphatic rings. The van der Waals surface area contributed by atoms with Gasteiger partial charge in [-0.25, -0.2) is 0 Å². The predicted molar refractivity (Wildman–Crippen MR) is 97.1 cm³/mol. The van der Waals surface area contributed by atoms with Gasteiger partial charge in [0.25, 0.3) is 5.91 Å². The number of nitrogens with zero attached hydrogens (tertiary/aromatic N) is 1. The van der Waals surface area contributed by atoms with E-state index in [4.69, 9.17) is 9.47 Å². The molecule has 0 unspecified atom stereocenters. The van der Waals surface area contributed by atoms with Gasteiger partial charge in [-0.15, -0.1) is 0 Å². The molecule has 0 aromatic heterocycles. The third-order valence-electron chi connectivity index (χ3n) is 6.05. The number of carbonyl (C=O) groups is 4. The van der Waals surface area contributed by atoms with Gasteiger partial charge in [0.2, 0.25) is 11.8 Å². The van der Waals surface area contributed by atoms with Crippen LogP contribution in [-0.4, -0.2) is 48.9 Å². The number of anilines is 1. The first-order chi connectivity index (χ1) is 13.5. The van der Waals surface area contributed by atoms with E-state index < -0.39 is 25.0 Å². The van der Waals surface area contributed by atoms with Crippen molar-refractivity contribution >= 4 is 29.4 Å². The van der Waals surface area contributed by atoms with Crippen molar-refractivity contribution < 1.29 is 28.7 Å². The number of esters is 1. The first-order valence-electron chi connectivity index (χ1n) is 9.43. The number of methoxy groups -OCH3 is 1. The monoisotopic (exact) mass is 386 g/mol. The minimum Gasteiger partial charge on any atom is -0.495 e. The summed E-state index contributed by atoms with van der Waals surface area (Å²) >= 11 is 0. The highest BCUT2D eigenvalue weighted by molar-refractivity contribution is 6.08. The zero-order valence-electron chi connectivity index (χ0n) is 15.6. The summed E-state index contributed by atoms with van der Waals surface area (Å²) < 4.78 is 10.1. The lowest BCUT2D eigenvalue weighted by Gasteiger charge is -2.19. The van der Waals surface area contributed by atoms with Crippen LogP contribution < -0.4 is 10.1 Å². The zero-order valence-corrected chi connectivity index (χ0v) is 15.6. The van der Waals surface area contributed by atoms with Gasteiger partial charge in [0.15, 0.2) is 6.61 Å². The highest BCUT2D eigenvalue weighted by Crippen LogP contribution is 2.56.